The molecular weight excluding hydrogens is 426 g/mol. The van der Waals surface area contributed by atoms with Crippen molar-refractivity contribution >= 4 is 34.1 Å². The molecule has 2 aromatic rings. The van der Waals surface area contributed by atoms with E-state index in [9.17, 15) is 14.7 Å². The van der Waals surface area contributed by atoms with Gasteiger partial charge in [-0.3, -0.25) is 0 Å². The Morgan fingerprint density at radius 3 is 2.58 bits per heavy atom. The number of hydrogen-bond donors (Lipinski definition) is 2. The molecule has 0 atom stereocenters. The first-order chi connectivity index (χ1) is 14.3. The van der Waals surface area contributed by atoms with E-state index in [1.54, 1.807) is 34.6 Å². The quantitative estimate of drug-likeness (QED) is 0.386. The number of benzene rings is 1. The Hall–Kier alpha value is -3.34. The van der Waals surface area contributed by atoms with Gasteiger partial charge in [-0.2, -0.15) is 0 Å². The van der Waals surface area contributed by atoms with Gasteiger partial charge in [-0.1, -0.05) is 5.16 Å². The van der Waals surface area contributed by atoms with Gasteiger partial charge in [-0.15, -0.1) is 11.3 Å². The molecule has 0 radical (unpaired) electrons. The van der Waals surface area contributed by atoms with Gasteiger partial charge in [-0.25, -0.2) is 14.6 Å². The average Bonchev–Trinajstić information content (AvgIpc) is 3.17. The summed E-state index contributed by atoms with van der Waals surface area (Å²) in [7, 11) is 0. The number of hydrogen-bond acceptors (Lipinski definition) is 10. The Kier molecular flexibility index (Phi) is 5.81. The molecule has 0 amide bonds. The van der Waals surface area contributed by atoms with E-state index >= 15 is 0 Å². The lowest BCUT2D eigenvalue weighted by Crippen LogP contribution is -2.29. The minimum Gasteiger partial charge on any atom is -0.476 e. The molecular formula is C20H23N3O7S. The Balaban J connectivity index is 1.89. The van der Waals surface area contributed by atoms with Crippen molar-refractivity contribution in [3.8, 4) is 11.5 Å². The molecule has 0 bridgehead atoms. The number of carbonyl (C=O) groups excluding carboxylic acids is 1. The molecule has 2 heterocycles. The SMILES string of the molecule is CC(C)(C)OC(=O)c1cc(CON=C(C(=O)O)c2csc(N)n2)c2c(c1)OC(C)(C)O2. The molecule has 1 aliphatic heterocycles. The molecule has 1 aliphatic rings. The Labute approximate surface area is 182 Å². The van der Waals surface area contributed by atoms with E-state index in [4.69, 9.17) is 24.8 Å². The zero-order valence-corrected chi connectivity index (χ0v) is 18.5. The summed E-state index contributed by atoms with van der Waals surface area (Å²) in [5, 5.41) is 14.8. The number of carboxylic acid groups (broad SMARTS) is 1. The number of carboxylic acids is 1. The first-order valence-electron chi connectivity index (χ1n) is 9.27. The molecule has 10 nitrogen and oxygen atoms in total. The van der Waals surface area contributed by atoms with Crippen LogP contribution < -0.4 is 15.2 Å². The lowest BCUT2D eigenvalue weighted by atomic mass is 10.1. The lowest BCUT2D eigenvalue weighted by Gasteiger charge is -2.19. The molecule has 166 valence electrons. The highest BCUT2D eigenvalue weighted by atomic mass is 32.1. The van der Waals surface area contributed by atoms with Crippen LogP contribution in [0.3, 0.4) is 0 Å². The fraction of sp³-hybridized carbons (Fsp3) is 0.400. The van der Waals surface area contributed by atoms with Gasteiger partial charge in [0.15, 0.2) is 16.6 Å². The zero-order chi connectivity index (χ0) is 23.0. The molecule has 1 aromatic heterocycles. The number of nitrogens with two attached hydrogens (primary N) is 1. The average molecular weight is 449 g/mol. The normalized spacial score (nSPS) is 14.9. The van der Waals surface area contributed by atoms with Crippen LogP contribution >= 0.6 is 11.3 Å². The van der Waals surface area contributed by atoms with Crippen molar-refractivity contribution in [3.63, 3.8) is 0 Å². The van der Waals surface area contributed by atoms with E-state index in [0.717, 1.165) is 11.3 Å². The number of ether oxygens (including phenoxy) is 3. The molecule has 0 saturated heterocycles. The molecule has 0 unspecified atom stereocenters. The third-order valence-electron chi connectivity index (χ3n) is 3.81. The number of thiazole rings is 1. The van der Waals surface area contributed by atoms with Crippen molar-refractivity contribution in [1.29, 1.82) is 0 Å². The van der Waals surface area contributed by atoms with Crippen LogP contribution in [0.1, 0.15) is 56.2 Å². The largest absolute Gasteiger partial charge is 0.476 e. The minimum atomic E-state index is -1.32. The fourth-order valence-electron chi connectivity index (χ4n) is 2.70. The van der Waals surface area contributed by atoms with Gasteiger partial charge in [0, 0.05) is 24.8 Å². The van der Waals surface area contributed by atoms with Crippen LogP contribution in [0.2, 0.25) is 0 Å². The number of esters is 1. The summed E-state index contributed by atoms with van der Waals surface area (Å²) in [5.41, 5.74) is 5.24. The molecule has 3 rings (SSSR count). The molecule has 3 N–H and O–H groups in total. The smallest absolute Gasteiger partial charge is 0.360 e. The van der Waals surface area contributed by atoms with Crippen molar-refractivity contribution in [3.05, 3.63) is 34.3 Å². The minimum absolute atomic E-state index is 0.0865. The summed E-state index contributed by atoms with van der Waals surface area (Å²) in [6, 6.07) is 3.07. The monoisotopic (exact) mass is 449 g/mol. The van der Waals surface area contributed by atoms with E-state index in [2.05, 4.69) is 10.1 Å². The lowest BCUT2D eigenvalue weighted by molar-refractivity contribution is -0.129. The van der Waals surface area contributed by atoms with Crippen molar-refractivity contribution in [2.24, 2.45) is 5.16 Å². The number of rotatable bonds is 6. The number of nitrogens with zero attached hydrogens (tertiary/aromatic N) is 2. The second-order valence-electron chi connectivity index (χ2n) is 8.16. The van der Waals surface area contributed by atoms with Gasteiger partial charge >= 0.3 is 11.9 Å². The number of nitrogen functional groups attached to an aromatic ring is 1. The molecule has 0 saturated carbocycles. The van der Waals surface area contributed by atoms with E-state index in [1.165, 1.54) is 17.5 Å². The first-order valence-corrected chi connectivity index (χ1v) is 10.2. The summed E-state index contributed by atoms with van der Waals surface area (Å²) >= 11 is 1.08. The van der Waals surface area contributed by atoms with Crippen molar-refractivity contribution in [1.82, 2.24) is 4.98 Å². The fourth-order valence-corrected chi connectivity index (χ4v) is 3.25. The number of anilines is 1. The van der Waals surface area contributed by atoms with Crippen LogP contribution in [0.25, 0.3) is 0 Å². The maximum atomic E-state index is 12.5. The molecule has 11 heteroatoms. The number of fused-ring (bicyclic) bond motifs is 1. The molecule has 0 aliphatic carbocycles. The zero-order valence-electron chi connectivity index (χ0n) is 17.7. The summed E-state index contributed by atoms with van der Waals surface area (Å²) in [4.78, 5) is 33.2. The van der Waals surface area contributed by atoms with Crippen LogP contribution in [-0.2, 0) is 21.0 Å². The predicted octanol–water partition coefficient (Wildman–Crippen LogP) is 3.19. The van der Waals surface area contributed by atoms with Crippen LogP contribution in [0.4, 0.5) is 5.13 Å². The Morgan fingerprint density at radius 1 is 1.29 bits per heavy atom. The maximum Gasteiger partial charge on any atom is 0.360 e. The predicted molar refractivity (Wildman–Crippen MR) is 112 cm³/mol. The number of carbonyl (C=O) groups is 2. The highest BCUT2D eigenvalue weighted by Gasteiger charge is 2.35. The second kappa shape index (κ2) is 8.06. The number of aliphatic carboxylic acids is 1. The van der Waals surface area contributed by atoms with Gasteiger partial charge in [0.05, 0.1) is 5.56 Å². The van der Waals surface area contributed by atoms with Gasteiger partial charge in [0.2, 0.25) is 11.5 Å². The van der Waals surface area contributed by atoms with Crippen LogP contribution in [0, 0.1) is 0 Å². The second-order valence-corrected chi connectivity index (χ2v) is 9.05. The van der Waals surface area contributed by atoms with Gasteiger partial charge in [0.25, 0.3) is 0 Å². The van der Waals surface area contributed by atoms with Gasteiger partial charge in [0.1, 0.15) is 17.9 Å². The summed E-state index contributed by atoms with van der Waals surface area (Å²) in [5.74, 6) is -2.09. The van der Waals surface area contributed by atoms with E-state index in [-0.39, 0.29) is 23.0 Å². The number of oxime groups is 1. The van der Waals surface area contributed by atoms with Crippen LogP contribution in [0.15, 0.2) is 22.7 Å². The van der Waals surface area contributed by atoms with Gasteiger partial charge in [-0.05, 0) is 32.9 Å². The topological polar surface area (TPSA) is 143 Å². The van der Waals surface area contributed by atoms with E-state index < -0.39 is 29.0 Å². The third kappa shape index (κ3) is 5.43. The summed E-state index contributed by atoms with van der Waals surface area (Å²) in [6.45, 7) is 8.54. The standard InChI is InChI=1S/C20H23N3O7S/c1-19(2,3)30-17(26)10-6-11(15-13(7-10)28-20(4,5)29-15)8-27-23-14(16(24)25)12-9-31-18(21)22-12/h6-7,9H,8H2,1-5H3,(H2,21,22)(H,24,25). The van der Waals surface area contributed by atoms with Crippen molar-refractivity contribution in [2.45, 2.75) is 52.6 Å². The third-order valence-corrected chi connectivity index (χ3v) is 4.49. The molecule has 1 aromatic carbocycles. The first kappa shape index (κ1) is 22.3. The van der Waals surface area contributed by atoms with Gasteiger partial charge < -0.3 is 29.9 Å². The van der Waals surface area contributed by atoms with Crippen LogP contribution in [-0.4, -0.2) is 39.1 Å². The molecule has 0 spiro atoms. The summed E-state index contributed by atoms with van der Waals surface area (Å²) < 4.78 is 17.0. The van der Waals surface area contributed by atoms with E-state index in [1.807, 2.05) is 0 Å². The maximum absolute atomic E-state index is 12.5. The Bertz CT molecular complexity index is 1050. The van der Waals surface area contributed by atoms with E-state index in [0.29, 0.717) is 17.1 Å². The van der Waals surface area contributed by atoms with Crippen molar-refractivity contribution in [2.75, 3.05) is 5.73 Å². The molecule has 0 fully saturated rings. The van der Waals surface area contributed by atoms with Crippen molar-refractivity contribution < 1.29 is 33.7 Å². The van der Waals surface area contributed by atoms with Crippen LogP contribution in [0.5, 0.6) is 11.5 Å². The summed E-state index contributed by atoms with van der Waals surface area (Å²) in [6.07, 6.45) is 0. The highest BCUT2D eigenvalue weighted by Crippen LogP contribution is 2.43. The number of aromatic nitrogens is 1. The molecule has 31 heavy (non-hydrogen) atoms. The highest BCUT2D eigenvalue weighted by molar-refractivity contribution is 7.13. The Morgan fingerprint density at radius 2 is 2.00 bits per heavy atom.